The van der Waals surface area contributed by atoms with Crippen molar-refractivity contribution in [2.45, 2.75) is 56.6 Å². The number of hydrogen-bond acceptors (Lipinski definition) is 8. The standard InChI is InChI=1S/C27H32F3N5O5/c1-38-23-13-39-5-3-21(23)33-19-7-18-11-35(24(36)22-12-40-15-32-22)14-26(18,8-19)25(37)34-4-2-20-16(10-34)6-17(9-31-20)27(28,29)30/h6,9,12,15,18-19,21,23,33H,2-5,7-8,10-11,13-14H2,1H3/t18-,19+,21?,23?,26-/m0/s1. The number of carbonyl (C=O) groups excluding carboxylic acids is 2. The van der Waals surface area contributed by atoms with Gasteiger partial charge in [0.05, 0.1) is 23.7 Å². The molecular weight excluding hydrogens is 531 g/mol. The summed E-state index contributed by atoms with van der Waals surface area (Å²) >= 11 is 0. The van der Waals surface area contributed by atoms with Crippen LogP contribution in [0, 0.1) is 11.3 Å². The molecule has 0 aromatic carbocycles. The van der Waals surface area contributed by atoms with E-state index in [4.69, 9.17) is 13.9 Å². The van der Waals surface area contributed by atoms with Crippen LogP contribution in [-0.2, 0) is 33.4 Å². The van der Waals surface area contributed by atoms with Gasteiger partial charge in [0.1, 0.15) is 6.26 Å². The summed E-state index contributed by atoms with van der Waals surface area (Å²) in [6.07, 6.45) is 1.09. The number of alkyl halides is 3. The zero-order valence-corrected chi connectivity index (χ0v) is 22.2. The van der Waals surface area contributed by atoms with Crippen LogP contribution in [0.25, 0.3) is 0 Å². The number of nitrogens with zero attached hydrogens (tertiary/aromatic N) is 4. The predicted octanol–water partition coefficient (Wildman–Crippen LogP) is 2.29. The van der Waals surface area contributed by atoms with Gasteiger partial charge in [-0.25, -0.2) is 4.98 Å². The minimum absolute atomic E-state index is 0.0228. The quantitative estimate of drug-likeness (QED) is 0.590. The van der Waals surface area contributed by atoms with Gasteiger partial charge in [-0.1, -0.05) is 0 Å². The van der Waals surface area contributed by atoms with Crippen molar-refractivity contribution in [1.29, 1.82) is 0 Å². The first-order chi connectivity index (χ1) is 19.2. The number of fused-ring (bicyclic) bond motifs is 2. The molecule has 2 unspecified atom stereocenters. The van der Waals surface area contributed by atoms with Crippen molar-refractivity contribution in [3.63, 3.8) is 0 Å². The van der Waals surface area contributed by atoms with Crippen LogP contribution in [0.1, 0.15) is 46.6 Å². The van der Waals surface area contributed by atoms with E-state index >= 15 is 0 Å². The molecular formula is C27H32F3N5O5. The van der Waals surface area contributed by atoms with E-state index in [0.717, 1.165) is 18.7 Å². The molecule has 6 rings (SSSR count). The number of nitrogens with one attached hydrogen (secondary N) is 1. The number of carbonyl (C=O) groups is 2. The number of ether oxygens (including phenoxy) is 2. The van der Waals surface area contributed by atoms with Crippen LogP contribution in [0.5, 0.6) is 0 Å². The molecule has 1 N–H and O–H groups in total. The summed E-state index contributed by atoms with van der Waals surface area (Å²) in [5.74, 6) is -0.544. The average Bonchev–Trinajstić information content (AvgIpc) is 3.67. The number of oxazole rings is 1. The monoisotopic (exact) mass is 563 g/mol. The van der Waals surface area contributed by atoms with Crippen molar-refractivity contribution in [2.75, 3.05) is 40.0 Å². The molecule has 4 aliphatic rings. The van der Waals surface area contributed by atoms with Crippen molar-refractivity contribution in [3.8, 4) is 0 Å². The van der Waals surface area contributed by atoms with Crippen molar-refractivity contribution in [2.24, 2.45) is 11.3 Å². The normalized spacial score (nSPS) is 30.3. The lowest BCUT2D eigenvalue weighted by Gasteiger charge is -2.37. The highest BCUT2D eigenvalue weighted by Crippen LogP contribution is 2.51. The molecule has 5 heterocycles. The molecule has 1 aliphatic carbocycles. The van der Waals surface area contributed by atoms with Gasteiger partial charge in [-0.2, -0.15) is 13.2 Å². The van der Waals surface area contributed by atoms with Crippen LogP contribution in [-0.4, -0.2) is 89.7 Å². The zero-order valence-electron chi connectivity index (χ0n) is 22.2. The first-order valence-corrected chi connectivity index (χ1v) is 13.6. The SMILES string of the molecule is COC1COCCC1N[C@@H]1C[C@H]2CN(C(=O)c3cocn3)C[C@@]2(C(=O)N2CCc3ncc(C(F)(F)F)cc3C2)C1. The predicted molar refractivity (Wildman–Crippen MR) is 133 cm³/mol. The Bertz CT molecular complexity index is 1260. The lowest BCUT2D eigenvalue weighted by Crippen LogP contribution is -2.52. The smallest absolute Gasteiger partial charge is 0.417 e. The maximum Gasteiger partial charge on any atom is 0.417 e. The molecule has 13 heteroatoms. The molecule has 3 aliphatic heterocycles. The highest BCUT2D eigenvalue weighted by atomic mass is 19.4. The van der Waals surface area contributed by atoms with Gasteiger partial charge in [0.15, 0.2) is 12.1 Å². The first kappa shape index (κ1) is 27.2. The molecule has 10 nitrogen and oxygen atoms in total. The average molecular weight is 564 g/mol. The van der Waals surface area contributed by atoms with Gasteiger partial charge in [0.2, 0.25) is 5.91 Å². The fraction of sp³-hybridized carbons (Fsp3) is 0.630. The second kappa shape index (κ2) is 10.4. The minimum atomic E-state index is -4.51. The number of rotatable bonds is 5. The number of aromatic nitrogens is 2. The van der Waals surface area contributed by atoms with E-state index in [-0.39, 0.29) is 54.7 Å². The van der Waals surface area contributed by atoms with Gasteiger partial charge in [-0.15, -0.1) is 0 Å². The summed E-state index contributed by atoms with van der Waals surface area (Å²) < 4.78 is 56.3. The molecule has 1 saturated carbocycles. The third-order valence-electron chi connectivity index (χ3n) is 8.95. The Morgan fingerprint density at radius 1 is 1.25 bits per heavy atom. The second-order valence-electron chi connectivity index (χ2n) is 11.3. The number of likely N-dealkylation sites (tertiary alicyclic amines) is 1. The molecule has 0 bridgehead atoms. The third-order valence-corrected chi connectivity index (χ3v) is 8.95. The maximum atomic E-state index is 14.3. The Kier molecular flexibility index (Phi) is 7.07. The van der Waals surface area contributed by atoms with Gasteiger partial charge < -0.3 is 29.0 Å². The van der Waals surface area contributed by atoms with Crippen LogP contribution < -0.4 is 5.32 Å². The largest absolute Gasteiger partial charge is 0.451 e. The van der Waals surface area contributed by atoms with Gasteiger partial charge in [-0.05, 0) is 36.8 Å². The lowest BCUT2D eigenvalue weighted by atomic mass is 9.78. The van der Waals surface area contributed by atoms with E-state index in [1.165, 1.54) is 12.7 Å². The Balaban J connectivity index is 1.25. The molecule has 0 radical (unpaired) electrons. The van der Waals surface area contributed by atoms with Crippen LogP contribution >= 0.6 is 0 Å². The molecule has 2 aromatic heterocycles. The van der Waals surface area contributed by atoms with E-state index in [1.807, 2.05) is 0 Å². The number of pyridine rings is 1. The second-order valence-corrected chi connectivity index (χ2v) is 11.3. The summed E-state index contributed by atoms with van der Waals surface area (Å²) in [7, 11) is 1.66. The summed E-state index contributed by atoms with van der Waals surface area (Å²) in [5, 5.41) is 3.70. The molecule has 3 fully saturated rings. The van der Waals surface area contributed by atoms with Crippen molar-refractivity contribution in [1.82, 2.24) is 25.1 Å². The summed E-state index contributed by atoms with van der Waals surface area (Å²) in [6, 6.07) is 1.20. The minimum Gasteiger partial charge on any atom is -0.451 e. The first-order valence-electron chi connectivity index (χ1n) is 13.6. The van der Waals surface area contributed by atoms with Crippen molar-refractivity contribution in [3.05, 3.63) is 47.4 Å². The van der Waals surface area contributed by atoms with Crippen molar-refractivity contribution >= 4 is 11.8 Å². The van der Waals surface area contributed by atoms with Crippen LogP contribution in [0.3, 0.4) is 0 Å². The molecule has 0 spiro atoms. The van der Waals surface area contributed by atoms with Crippen LogP contribution in [0.15, 0.2) is 29.3 Å². The highest BCUT2D eigenvalue weighted by molar-refractivity contribution is 5.93. The topological polar surface area (TPSA) is 110 Å². The number of amides is 2. The Hall–Kier alpha value is -3.03. The fourth-order valence-electron chi connectivity index (χ4n) is 6.97. The summed E-state index contributed by atoms with van der Waals surface area (Å²) in [6.45, 7) is 2.14. The van der Waals surface area contributed by atoms with Gasteiger partial charge in [0.25, 0.3) is 5.91 Å². The van der Waals surface area contributed by atoms with Crippen molar-refractivity contribution < 1.29 is 36.7 Å². The van der Waals surface area contributed by atoms with E-state index in [9.17, 15) is 22.8 Å². The molecule has 40 heavy (non-hydrogen) atoms. The van der Waals surface area contributed by atoms with Crippen LogP contribution in [0.2, 0.25) is 0 Å². The molecule has 2 amide bonds. The fourth-order valence-corrected chi connectivity index (χ4v) is 6.97. The highest BCUT2D eigenvalue weighted by Gasteiger charge is 2.60. The van der Waals surface area contributed by atoms with E-state index in [2.05, 4.69) is 15.3 Å². The zero-order chi connectivity index (χ0) is 28.1. The maximum absolute atomic E-state index is 14.3. The Labute approximate surface area is 229 Å². The number of hydrogen-bond donors (Lipinski definition) is 1. The van der Waals surface area contributed by atoms with Gasteiger partial charge in [-0.3, -0.25) is 14.6 Å². The van der Waals surface area contributed by atoms with Gasteiger partial charge in [0, 0.05) is 70.3 Å². The molecule has 216 valence electrons. The van der Waals surface area contributed by atoms with Crippen LogP contribution in [0.4, 0.5) is 13.2 Å². The van der Waals surface area contributed by atoms with Gasteiger partial charge >= 0.3 is 6.18 Å². The Morgan fingerprint density at radius 3 is 2.85 bits per heavy atom. The van der Waals surface area contributed by atoms with E-state index in [0.29, 0.717) is 56.8 Å². The molecule has 5 atom stereocenters. The third kappa shape index (κ3) is 4.88. The summed E-state index contributed by atoms with van der Waals surface area (Å²) in [4.78, 5) is 38.9. The van der Waals surface area contributed by atoms with E-state index < -0.39 is 17.2 Å². The van der Waals surface area contributed by atoms with E-state index in [1.54, 1.807) is 16.9 Å². The lowest BCUT2D eigenvalue weighted by molar-refractivity contribution is -0.143. The Morgan fingerprint density at radius 2 is 2.10 bits per heavy atom. The molecule has 2 saturated heterocycles. The number of halogens is 3. The molecule has 2 aromatic rings. The number of methoxy groups -OCH3 is 1. The summed E-state index contributed by atoms with van der Waals surface area (Å²) in [5.41, 5.74) is -0.515.